The summed E-state index contributed by atoms with van der Waals surface area (Å²) in [7, 11) is 3.21. The number of benzene rings is 2. The third-order valence-electron chi connectivity index (χ3n) is 3.37. The minimum absolute atomic E-state index is 0.638. The van der Waals surface area contributed by atoms with Gasteiger partial charge in [0, 0.05) is 18.7 Å². The summed E-state index contributed by atoms with van der Waals surface area (Å²) in [5.41, 5.74) is 10.1. The highest BCUT2D eigenvalue weighted by Crippen LogP contribution is 2.34. The molecule has 2 rings (SSSR count). The Kier molecular flexibility index (Phi) is 4.93. The average molecular weight is 286 g/mol. The summed E-state index contributed by atoms with van der Waals surface area (Å²) in [5, 5.41) is 3.35. The molecule has 4 heteroatoms. The summed E-state index contributed by atoms with van der Waals surface area (Å²) in [4.78, 5) is 0. The molecule has 0 spiro atoms. The van der Waals surface area contributed by atoms with Crippen LogP contribution in [0.25, 0.3) is 0 Å². The Morgan fingerprint density at radius 1 is 1.05 bits per heavy atom. The number of nitrogen functional groups attached to an aromatic ring is 1. The molecule has 0 atom stereocenters. The molecule has 3 N–H and O–H groups in total. The van der Waals surface area contributed by atoms with Crippen LogP contribution in [0.5, 0.6) is 11.5 Å². The SMILES string of the molecule is COc1cc(N)c(NCCc2cccc(C)c2)cc1OC. The lowest BCUT2D eigenvalue weighted by Gasteiger charge is -2.14. The molecule has 0 aliphatic heterocycles. The van der Waals surface area contributed by atoms with Crippen LogP contribution in [0.4, 0.5) is 11.4 Å². The maximum atomic E-state index is 6.03. The normalized spacial score (nSPS) is 10.2. The van der Waals surface area contributed by atoms with E-state index in [0.29, 0.717) is 17.2 Å². The molecule has 2 aromatic rings. The number of ether oxygens (including phenoxy) is 2. The van der Waals surface area contributed by atoms with Crippen LogP contribution in [0, 0.1) is 6.92 Å². The van der Waals surface area contributed by atoms with Crippen LogP contribution in [-0.2, 0) is 6.42 Å². The van der Waals surface area contributed by atoms with E-state index in [2.05, 4.69) is 36.5 Å². The van der Waals surface area contributed by atoms with Crippen molar-refractivity contribution < 1.29 is 9.47 Å². The van der Waals surface area contributed by atoms with Gasteiger partial charge in [0.1, 0.15) is 0 Å². The van der Waals surface area contributed by atoms with Crippen LogP contribution >= 0.6 is 0 Å². The van der Waals surface area contributed by atoms with Gasteiger partial charge < -0.3 is 20.5 Å². The molecule has 0 radical (unpaired) electrons. The zero-order valence-electron chi connectivity index (χ0n) is 12.8. The topological polar surface area (TPSA) is 56.5 Å². The van der Waals surface area contributed by atoms with Crippen molar-refractivity contribution >= 4 is 11.4 Å². The second kappa shape index (κ2) is 6.88. The lowest BCUT2D eigenvalue weighted by atomic mass is 10.1. The minimum Gasteiger partial charge on any atom is -0.493 e. The van der Waals surface area contributed by atoms with Gasteiger partial charge in [-0.05, 0) is 18.9 Å². The predicted octanol–water partition coefficient (Wildman–Crippen LogP) is 3.25. The maximum Gasteiger partial charge on any atom is 0.162 e. The molecule has 2 aromatic carbocycles. The third-order valence-corrected chi connectivity index (χ3v) is 3.37. The van der Waals surface area contributed by atoms with Gasteiger partial charge in [-0.3, -0.25) is 0 Å². The summed E-state index contributed by atoms with van der Waals surface area (Å²) < 4.78 is 10.5. The summed E-state index contributed by atoms with van der Waals surface area (Å²) >= 11 is 0. The van der Waals surface area contributed by atoms with E-state index in [9.17, 15) is 0 Å². The van der Waals surface area contributed by atoms with Gasteiger partial charge in [-0.1, -0.05) is 29.8 Å². The smallest absolute Gasteiger partial charge is 0.162 e. The summed E-state index contributed by atoms with van der Waals surface area (Å²) in [6, 6.07) is 12.1. The van der Waals surface area contributed by atoms with Crippen LogP contribution in [0.3, 0.4) is 0 Å². The molecule has 0 saturated carbocycles. The van der Waals surface area contributed by atoms with Gasteiger partial charge in [-0.2, -0.15) is 0 Å². The quantitative estimate of drug-likeness (QED) is 0.800. The van der Waals surface area contributed by atoms with Crippen molar-refractivity contribution in [1.29, 1.82) is 0 Å². The Hall–Kier alpha value is -2.36. The number of hydrogen-bond acceptors (Lipinski definition) is 4. The molecular formula is C17H22N2O2. The van der Waals surface area contributed by atoms with Gasteiger partial charge in [0.25, 0.3) is 0 Å². The highest BCUT2D eigenvalue weighted by molar-refractivity contribution is 5.72. The minimum atomic E-state index is 0.638. The van der Waals surface area contributed by atoms with Crippen molar-refractivity contribution in [2.45, 2.75) is 13.3 Å². The second-order valence-electron chi connectivity index (χ2n) is 4.96. The first-order chi connectivity index (χ1) is 10.1. The van der Waals surface area contributed by atoms with Crippen molar-refractivity contribution in [3.8, 4) is 11.5 Å². The lowest BCUT2D eigenvalue weighted by molar-refractivity contribution is 0.355. The van der Waals surface area contributed by atoms with Gasteiger partial charge in [-0.15, -0.1) is 0 Å². The molecular weight excluding hydrogens is 264 g/mol. The molecule has 0 saturated heterocycles. The van der Waals surface area contributed by atoms with Crippen LogP contribution in [0.1, 0.15) is 11.1 Å². The van der Waals surface area contributed by atoms with Gasteiger partial charge in [0.2, 0.25) is 0 Å². The van der Waals surface area contributed by atoms with Crippen molar-refractivity contribution in [2.75, 3.05) is 31.8 Å². The first-order valence-electron chi connectivity index (χ1n) is 6.95. The van der Waals surface area contributed by atoms with Gasteiger partial charge >= 0.3 is 0 Å². The first-order valence-corrected chi connectivity index (χ1v) is 6.95. The molecule has 0 fully saturated rings. The number of rotatable bonds is 6. The monoisotopic (exact) mass is 286 g/mol. The average Bonchev–Trinajstić information content (AvgIpc) is 2.48. The number of hydrogen-bond donors (Lipinski definition) is 2. The zero-order chi connectivity index (χ0) is 15.2. The molecule has 0 unspecified atom stereocenters. The maximum absolute atomic E-state index is 6.03. The molecule has 0 amide bonds. The lowest BCUT2D eigenvalue weighted by Crippen LogP contribution is -2.07. The number of anilines is 2. The van der Waals surface area contributed by atoms with Crippen molar-refractivity contribution in [1.82, 2.24) is 0 Å². The first kappa shape index (κ1) is 15.0. The molecule has 0 aliphatic carbocycles. The fraction of sp³-hybridized carbons (Fsp3) is 0.294. The van der Waals surface area contributed by atoms with E-state index >= 15 is 0 Å². The summed E-state index contributed by atoms with van der Waals surface area (Å²) in [6.07, 6.45) is 0.940. The van der Waals surface area contributed by atoms with Gasteiger partial charge in [-0.25, -0.2) is 0 Å². The number of methoxy groups -OCH3 is 2. The number of nitrogens with two attached hydrogens (primary N) is 1. The molecule has 0 aliphatic rings. The molecule has 0 heterocycles. The number of nitrogens with one attached hydrogen (secondary N) is 1. The third kappa shape index (κ3) is 3.81. The number of aryl methyl sites for hydroxylation is 1. The van der Waals surface area contributed by atoms with E-state index in [4.69, 9.17) is 15.2 Å². The zero-order valence-corrected chi connectivity index (χ0v) is 12.8. The summed E-state index contributed by atoms with van der Waals surface area (Å²) in [6.45, 7) is 2.91. The highest BCUT2D eigenvalue weighted by atomic mass is 16.5. The van der Waals surface area contributed by atoms with E-state index in [1.807, 2.05) is 6.07 Å². The Labute approximate surface area is 125 Å². The van der Waals surface area contributed by atoms with Crippen molar-refractivity contribution in [3.63, 3.8) is 0 Å². The van der Waals surface area contributed by atoms with E-state index < -0.39 is 0 Å². The summed E-state index contributed by atoms with van der Waals surface area (Å²) in [5.74, 6) is 1.31. The molecule has 4 nitrogen and oxygen atoms in total. The van der Waals surface area contributed by atoms with Crippen molar-refractivity contribution in [3.05, 3.63) is 47.5 Å². The molecule has 0 aromatic heterocycles. The Balaban J connectivity index is 2.03. The van der Waals surface area contributed by atoms with Crippen LogP contribution in [0.15, 0.2) is 36.4 Å². The van der Waals surface area contributed by atoms with Crippen LogP contribution in [-0.4, -0.2) is 20.8 Å². The Bertz CT molecular complexity index is 612. The highest BCUT2D eigenvalue weighted by Gasteiger charge is 2.08. The van der Waals surface area contributed by atoms with Crippen molar-refractivity contribution in [2.24, 2.45) is 0 Å². The second-order valence-corrected chi connectivity index (χ2v) is 4.96. The largest absolute Gasteiger partial charge is 0.493 e. The molecule has 21 heavy (non-hydrogen) atoms. The fourth-order valence-electron chi connectivity index (χ4n) is 2.26. The van der Waals surface area contributed by atoms with E-state index in [1.165, 1.54) is 11.1 Å². The van der Waals surface area contributed by atoms with E-state index in [-0.39, 0.29) is 0 Å². The van der Waals surface area contributed by atoms with Gasteiger partial charge in [0.05, 0.1) is 25.6 Å². The van der Waals surface area contributed by atoms with Gasteiger partial charge in [0.15, 0.2) is 11.5 Å². The predicted molar refractivity (Wildman–Crippen MR) is 87.3 cm³/mol. The van der Waals surface area contributed by atoms with E-state index in [0.717, 1.165) is 18.7 Å². The Morgan fingerprint density at radius 2 is 1.76 bits per heavy atom. The Morgan fingerprint density at radius 3 is 2.43 bits per heavy atom. The molecule has 0 bridgehead atoms. The van der Waals surface area contributed by atoms with E-state index in [1.54, 1.807) is 20.3 Å². The fourth-order valence-corrected chi connectivity index (χ4v) is 2.26. The molecule has 112 valence electrons. The standard InChI is InChI=1S/C17H22N2O2/c1-12-5-4-6-13(9-12)7-8-19-15-11-17(21-3)16(20-2)10-14(15)18/h4-6,9-11,19H,7-8,18H2,1-3H3. The van der Waals surface area contributed by atoms with Crippen LogP contribution in [0.2, 0.25) is 0 Å². The van der Waals surface area contributed by atoms with Crippen LogP contribution < -0.4 is 20.5 Å².